The van der Waals surface area contributed by atoms with Gasteiger partial charge in [0.1, 0.15) is 0 Å². The van der Waals surface area contributed by atoms with Gasteiger partial charge in [0, 0.05) is 0 Å². The van der Waals surface area contributed by atoms with Crippen LogP contribution in [0.3, 0.4) is 0 Å². The van der Waals surface area contributed by atoms with E-state index in [0.717, 1.165) is 32.7 Å². The fourth-order valence-electron chi connectivity index (χ4n) is 1.32. The molecule has 0 aliphatic carbocycles. The van der Waals surface area contributed by atoms with E-state index in [2.05, 4.69) is 0 Å². The number of epoxide rings is 1. The van der Waals surface area contributed by atoms with Gasteiger partial charge in [-0.15, -0.1) is 0 Å². The van der Waals surface area contributed by atoms with E-state index in [1.54, 1.807) is 0 Å². The van der Waals surface area contributed by atoms with Crippen molar-refractivity contribution in [3.05, 3.63) is 0 Å². The van der Waals surface area contributed by atoms with E-state index >= 15 is 0 Å². The number of hydrogen-bond donors (Lipinski definition) is 0. The molecule has 2 aliphatic heterocycles. The van der Waals surface area contributed by atoms with E-state index in [1.165, 1.54) is 6.42 Å². The number of hydrogen-bond acceptors (Lipinski definition) is 3. The van der Waals surface area contributed by atoms with Crippen LogP contribution in [0.15, 0.2) is 0 Å². The molecule has 2 aliphatic rings. The summed E-state index contributed by atoms with van der Waals surface area (Å²) in [5.74, 6) is 0. The first-order valence-electron chi connectivity index (χ1n) is 4.30. The van der Waals surface area contributed by atoms with Crippen LogP contribution in [-0.2, 0) is 14.2 Å². The Bertz CT molecular complexity index is 117. The zero-order chi connectivity index (χ0) is 7.52. The fourth-order valence-corrected chi connectivity index (χ4v) is 1.32. The summed E-state index contributed by atoms with van der Waals surface area (Å²) < 4.78 is 15.7. The second-order valence-electron chi connectivity index (χ2n) is 3.06. The molecule has 2 rings (SSSR count). The minimum atomic E-state index is 0.0775. The van der Waals surface area contributed by atoms with Crippen LogP contribution in [0.25, 0.3) is 0 Å². The lowest BCUT2D eigenvalue weighted by atomic mass is 10.2. The normalized spacial score (nSPS) is 31.1. The average molecular weight is 158 g/mol. The molecule has 2 heterocycles. The molecule has 0 aromatic rings. The van der Waals surface area contributed by atoms with Crippen molar-refractivity contribution in [2.45, 2.75) is 31.7 Å². The molecule has 0 amide bonds. The molecule has 0 spiro atoms. The SMILES string of the molecule is C(CC1CO1)CC1OCCO1. The molecule has 0 radical (unpaired) electrons. The van der Waals surface area contributed by atoms with Crippen LogP contribution in [0.4, 0.5) is 0 Å². The van der Waals surface area contributed by atoms with Crippen molar-refractivity contribution in [3.63, 3.8) is 0 Å². The molecule has 0 N–H and O–H groups in total. The summed E-state index contributed by atoms with van der Waals surface area (Å²) in [5, 5.41) is 0. The maximum atomic E-state index is 5.29. The molecule has 0 saturated carbocycles. The van der Waals surface area contributed by atoms with Gasteiger partial charge in [0.15, 0.2) is 6.29 Å². The standard InChI is InChI=1S/C8H14O3/c1(2-7-6-11-7)3-8-9-4-5-10-8/h7-8H,1-6H2. The van der Waals surface area contributed by atoms with Crippen molar-refractivity contribution in [3.8, 4) is 0 Å². The van der Waals surface area contributed by atoms with Crippen molar-refractivity contribution in [1.29, 1.82) is 0 Å². The van der Waals surface area contributed by atoms with Crippen LogP contribution in [0.1, 0.15) is 19.3 Å². The molecular formula is C8H14O3. The van der Waals surface area contributed by atoms with Crippen LogP contribution in [0, 0.1) is 0 Å². The summed E-state index contributed by atoms with van der Waals surface area (Å²) in [7, 11) is 0. The third kappa shape index (κ3) is 2.43. The van der Waals surface area contributed by atoms with Crippen molar-refractivity contribution in [1.82, 2.24) is 0 Å². The molecule has 1 atom stereocenters. The molecule has 11 heavy (non-hydrogen) atoms. The molecule has 3 nitrogen and oxygen atoms in total. The van der Waals surface area contributed by atoms with Gasteiger partial charge < -0.3 is 14.2 Å². The zero-order valence-electron chi connectivity index (χ0n) is 6.62. The first kappa shape index (κ1) is 7.53. The van der Waals surface area contributed by atoms with E-state index in [-0.39, 0.29) is 6.29 Å². The van der Waals surface area contributed by atoms with Gasteiger partial charge in [-0.1, -0.05) is 0 Å². The van der Waals surface area contributed by atoms with E-state index < -0.39 is 0 Å². The van der Waals surface area contributed by atoms with Gasteiger partial charge in [-0.2, -0.15) is 0 Å². The Balaban J connectivity index is 1.51. The van der Waals surface area contributed by atoms with Gasteiger partial charge in [0.2, 0.25) is 0 Å². The number of rotatable bonds is 4. The lowest BCUT2D eigenvalue weighted by Crippen LogP contribution is -2.07. The summed E-state index contributed by atoms with van der Waals surface area (Å²) in [4.78, 5) is 0. The van der Waals surface area contributed by atoms with Crippen molar-refractivity contribution in [2.24, 2.45) is 0 Å². The Hall–Kier alpha value is -0.120. The third-order valence-electron chi connectivity index (χ3n) is 2.06. The molecule has 0 aromatic carbocycles. The van der Waals surface area contributed by atoms with Gasteiger partial charge in [0.05, 0.1) is 25.9 Å². The van der Waals surface area contributed by atoms with E-state index in [4.69, 9.17) is 14.2 Å². The summed E-state index contributed by atoms with van der Waals surface area (Å²) in [6.07, 6.45) is 3.99. The maximum Gasteiger partial charge on any atom is 0.157 e. The van der Waals surface area contributed by atoms with Crippen molar-refractivity contribution in [2.75, 3.05) is 19.8 Å². The van der Waals surface area contributed by atoms with Crippen LogP contribution in [0.2, 0.25) is 0 Å². The maximum absolute atomic E-state index is 5.29. The summed E-state index contributed by atoms with van der Waals surface area (Å²) in [5.41, 5.74) is 0. The fraction of sp³-hybridized carbons (Fsp3) is 1.00. The predicted molar refractivity (Wildman–Crippen MR) is 39.3 cm³/mol. The zero-order valence-corrected chi connectivity index (χ0v) is 6.62. The largest absolute Gasteiger partial charge is 0.373 e. The van der Waals surface area contributed by atoms with Gasteiger partial charge in [-0.05, 0) is 19.3 Å². The van der Waals surface area contributed by atoms with Crippen molar-refractivity contribution >= 4 is 0 Å². The first-order valence-corrected chi connectivity index (χ1v) is 4.30. The van der Waals surface area contributed by atoms with Gasteiger partial charge >= 0.3 is 0 Å². The Morgan fingerprint density at radius 1 is 1.00 bits per heavy atom. The van der Waals surface area contributed by atoms with Crippen LogP contribution in [0.5, 0.6) is 0 Å². The molecule has 0 aromatic heterocycles. The Morgan fingerprint density at radius 2 is 1.73 bits per heavy atom. The number of ether oxygens (including phenoxy) is 3. The summed E-state index contributed by atoms with van der Waals surface area (Å²) in [6, 6.07) is 0. The third-order valence-corrected chi connectivity index (χ3v) is 2.06. The molecule has 2 saturated heterocycles. The van der Waals surface area contributed by atoms with Gasteiger partial charge in [-0.25, -0.2) is 0 Å². The Labute approximate surface area is 66.6 Å². The molecule has 2 fully saturated rings. The van der Waals surface area contributed by atoms with E-state index in [9.17, 15) is 0 Å². The highest BCUT2D eigenvalue weighted by Gasteiger charge is 2.23. The van der Waals surface area contributed by atoms with E-state index in [0.29, 0.717) is 6.10 Å². The quantitative estimate of drug-likeness (QED) is 0.570. The lowest BCUT2D eigenvalue weighted by molar-refractivity contribution is -0.0481. The second kappa shape index (κ2) is 3.52. The molecule has 1 unspecified atom stereocenters. The minimum Gasteiger partial charge on any atom is -0.373 e. The molecule has 3 heteroatoms. The summed E-state index contributed by atoms with van der Waals surface area (Å²) >= 11 is 0. The van der Waals surface area contributed by atoms with Gasteiger partial charge in [0.25, 0.3) is 0 Å². The monoisotopic (exact) mass is 158 g/mol. The highest BCUT2D eigenvalue weighted by atomic mass is 16.7. The topological polar surface area (TPSA) is 31.0 Å². The Kier molecular flexibility index (Phi) is 2.41. The minimum absolute atomic E-state index is 0.0775. The lowest BCUT2D eigenvalue weighted by Gasteiger charge is -2.06. The highest BCUT2D eigenvalue weighted by molar-refractivity contribution is 4.68. The van der Waals surface area contributed by atoms with Crippen LogP contribution < -0.4 is 0 Å². The molecular weight excluding hydrogens is 144 g/mol. The van der Waals surface area contributed by atoms with Crippen molar-refractivity contribution < 1.29 is 14.2 Å². The second-order valence-corrected chi connectivity index (χ2v) is 3.06. The highest BCUT2D eigenvalue weighted by Crippen LogP contribution is 2.19. The smallest absolute Gasteiger partial charge is 0.157 e. The van der Waals surface area contributed by atoms with E-state index in [1.807, 2.05) is 0 Å². The Morgan fingerprint density at radius 3 is 2.36 bits per heavy atom. The first-order chi connectivity index (χ1) is 5.45. The van der Waals surface area contributed by atoms with Gasteiger partial charge in [-0.3, -0.25) is 0 Å². The average Bonchev–Trinajstić information content (AvgIpc) is 2.66. The molecule has 0 bridgehead atoms. The van der Waals surface area contributed by atoms with Crippen LogP contribution in [-0.4, -0.2) is 32.2 Å². The molecule has 64 valence electrons. The predicted octanol–water partition coefficient (Wildman–Crippen LogP) is 0.928. The summed E-state index contributed by atoms with van der Waals surface area (Å²) in [6.45, 7) is 2.50. The van der Waals surface area contributed by atoms with Crippen LogP contribution >= 0.6 is 0 Å².